The second-order valence-corrected chi connectivity index (χ2v) is 1.69. The van der Waals surface area contributed by atoms with E-state index in [9.17, 15) is 4.39 Å². The highest BCUT2D eigenvalue weighted by Gasteiger charge is 1.90. The SMILES string of the molecule is Fc1ccc(OCl)cc1.N. The maximum Gasteiger partial charge on any atom is 0.146 e. The fraction of sp³-hybridized carbons (Fsp3) is 0. The number of hydrogen-bond donors (Lipinski definition) is 1. The largest absolute Gasteiger partial charge is 0.386 e. The van der Waals surface area contributed by atoms with Crippen molar-refractivity contribution in [1.82, 2.24) is 6.15 Å². The number of halogens is 2. The summed E-state index contributed by atoms with van der Waals surface area (Å²) in [5, 5.41) is 0. The quantitative estimate of drug-likeness (QED) is 0.692. The van der Waals surface area contributed by atoms with Gasteiger partial charge in [0, 0.05) is 0 Å². The zero-order valence-corrected chi connectivity index (χ0v) is 5.94. The Labute approximate surface area is 63.3 Å². The highest BCUT2D eigenvalue weighted by Crippen LogP contribution is 2.11. The lowest BCUT2D eigenvalue weighted by Crippen LogP contribution is -1.74. The first kappa shape index (κ1) is 9.20. The van der Waals surface area contributed by atoms with E-state index in [1.165, 1.54) is 24.3 Å². The molecule has 0 aliphatic rings. The normalized spacial score (nSPS) is 8.20. The van der Waals surface area contributed by atoms with E-state index >= 15 is 0 Å². The topological polar surface area (TPSA) is 44.2 Å². The summed E-state index contributed by atoms with van der Waals surface area (Å²) >= 11 is 4.96. The van der Waals surface area contributed by atoms with E-state index in [4.69, 9.17) is 11.9 Å². The fourth-order valence-corrected chi connectivity index (χ4v) is 0.589. The molecule has 0 atom stereocenters. The van der Waals surface area contributed by atoms with E-state index < -0.39 is 0 Å². The van der Waals surface area contributed by atoms with Gasteiger partial charge in [0.05, 0.1) is 0 Å². The summed E-state index contributed by atoms with van der Waals surface area (Å²) in [6.45, 7) is 0. The van der Waals surface area contributed by atoms with Gasteiger partial charge in [0.2, 0.25) is 0 Å². The minimum Gasteiger partial charge on any atom is -0.386 e. The third-order valence-corrected chi connectivity index (χ3v) is 1.08. The minimum atomic E-state index is -0.299. The summed E-state index contributed by atoms with van der Waals surface area (Å²) in [4.78, 5) is 0. The van der Waals surface area contributed by atoms with Crippen molar-refractivity contribution < 1.29 is 8.68 Å². The van der Waals surface area contributed by atoms with Crippen molar-refractivity contribution in [3.63, 3.8) is 0 Å². The molecule has 1 rings (SSSR count). The van der Waals surface area contributed by atoms with Gasteiger partial charge in [0.15, 0.2) is 0 Å². The molecule has 0 aliphatic carbocycles. The molecule has 3 N–H and O–H groups in total. The summed E-state index contributed by atoms with van der Waals surface area (Å²) in [6.07, 6.45) is 0. The van der Waals surface area contributed by atoms with Crippen LogP contribution in [-0.2, 0) is 0 Å². The van der Waals surface area contributed by atoms with Gasteiger partial charge in [0.1, 0.15) is 23.4 Å². The second-order valence-electron chi connectivity index (χ2n) is 1.53. The Bertz CT molecular complexity index is 189. The van der Waals surface area contributed by atoms with Crippen LogP contribution in [0.25, 0.3) is 0 Å². The highest BCUT2D eigenvalue weighted by molar-refractivity contribution is 6.09. The maximum atomic E-state index is 12.1. The Balaban J connectivity index is 0.000000810. The molecule has 0 saturated carbocycles. The molecular weight excluding hydrogens is 157 g/mol. The average molecular weight is 164 g/mol. The predicted octanol–water partition coefficient (Wildman–Crippen LogP) is 2.52. The molecule has 0 bridgehead atoms. The monoisotopic (exact) mass is 163 g/mol. The molecule has 0 heterocycles. The fourth-order valence-electron chi connectivity index (χ4n) is 0.486. The molecule has 1 aromatic carbocycles. The molecule has 0 unspecified atom stereocenters. The zero-order valence-electron chi connectivity index (χ0n) is 5.18. The third-order valence-electron chi connectivity index (χ3n) is 0.903. The van der Waals surface area contributed by atoms with Gasteiger partial charge in [-0.2, -0.15) is 0 Å². The summed E-state index contributed by atoms with van der Waals surface area (Å²) in [6, 6.07) is 5.44. The third kappa shape index (κ3) is 2.21. The van der Waals surface area contributed by atoms with Crippen molar-refractivity contribution in [1.29, 1.82) is 0 Å². The summed E-state index contributed by atoms with van der Waals surface area (Å²) in [7, 11) is 0. The van der Waals surface area contributed by atoms with Gasteiger partial charge in [0.25, 0.3) is 0 Å². The molecule has 0 amide bonds. The smallest absolute Gasteiger partial charge is 0.146 e. The molecule has 0 fully saturated rings. The Morgan fingerprint density at radius 1 is 1.20 bits per heavy atom. The minimum absolute atomic E-state index is 0. The number of benzene rings is 1. The lowest BCUT2D eigenvalue weighted by Gasteiger charge is -1.91. The Morgan fingerprint density at radius 2 is 1.70 bits per heavy atom. The summed E-state index contributed by atoms with van der Waals surface area (Å²) < 4.78 is 16.4. The number of rotatable bonds is 1. The van der Waals surface area contributed by atoms with E-state index in [0.29, 0.717) is 5.75 Å². The van der Waals surface area contributed by atoms with Crippen LogP contribution in [0.5, 0.6) is 5.75 Å². The van der Waals surface area contributed by atoms with E-state index in [0.717, 1.165) is 0 Å². The maximum absolute atomic E-state index is 12.1. The van der Waals surface area contributed by atoms with Gasteiger partial charge in [-0.15, -0.1) is 0 Å². The van der Waals surface area contributed by atoms with Crippen LogP contribution in [0.3, 0.4) is 0 Å². The van der Waals surface area contributed by atoms with Gasteiger partial charge in [-0.1, -0.05) is 0 Å². The van der Waals surface area contributed by atoms with Crippen molar-refractivity contribution in [2.45, 2.75) is 0 Å². The molecule has 4 heteroatoms. The molecule has 0 aromatic heterocycles. The van der Waals surface area contributed by atoms with Crippen molar-refractivity contribution in [3.05, 3.63) is 30.1 Å². The van der Waals surface area contributed by atoms with Gasteiger partial charge >= 0.3 is 0 Å². The van der Waals surface area contributed by atoms with Gasteiger partial charge in [-0.3, -0.25) is 0 Å². The van der Waals surface area contributed by atoms with Crippen LogP contribution in [0.1, 0.15) is 0 Å². The number of hydrogen-bond acceptors (Lipinski definition) is 2. The highest BCUT2D eigenvalue weighted by atomic mass is 35.5. The van der Waals surface area contributed by atoms with Crippen LogP contribution in [0.15, 0.2) is 24.3 Å². The average Bonchev–Trinajstić information content (AvgIpc) is 1.90. The van der Waals surface area contributed by atoms with Crippen molar-refractivity contribution in [2.75, 3.05) is 0 Å². The molecule has 0 spiro atoms. The molecule has 0 radical (unpaired) electrons. The molecule has 2 nitrogen and oxygen atoms in total. The van der Waals surface area contributed by atoms with E-state index in [1.807, 2.05) is 0 Å². The Kier molecular flexibility index (Phi) is 3.76. The van der Waals surface area contributed by atoms with Crippen LogP contribution in [0.2, 0.25) is 0 Å². The molecule has 10 heavy (non-hydrogen) atoms. The van der Waals surface area contributed by atoms with Crippen molar-refractivity contribution >= 4 is 11.9 Å². The van der Waals surface area contributed by atoms with Crippen molar-refractivity contribution in [3.8, 4) is 5.75 Å². The van der Waals surface area contributed by atoms with Gasteiger partial charge in [-0.25, -0.2) is 4.39 Å². The lowest BCUT2D eigenvalue weighted by molar-refractivity contribution is 0.601. The molecule has 56 valence electrons. The van der Waals surface area contributed by atoms with Crippen molar-refractivity contribution in [2.24, 2.45) is 0 Å². The van der Waals surface area contributed by atoms with Crippen LogP contribution in [-0.4, -0.2) is 0 Å². The molecular formula is C6H7ClFNO. The second kappa shape index (κ2) is 4.09. The van der Waals surface area contributed by atoms with E-state index in [2.05, 4.69) is 4.29 Å². The van der Waals surface area contributed by atoms with Gasteiger partial charge in [-0.05, 0) is 24.3 Å². The molecule has 0 saturated heterocycles. The Morgan fingerprint density at radius 3 is 2.10 bits per heavy atom. The van der Waals surface area contributed by atoms with Gasteiger partial charge < -0.3 is 10.4 Å². The Hall–Kier alpha value is -0.800. The first-order chi connectivity index (χ1) is 4.33. The molecule has 1 aromatic rings. The predicted molar refractivity (Wildman–Crippen MR) is 37.9 cm³/mol. The summed E-state index contributed by atoms with van der Waals surface area (Å²) in [5.41, 5.74) is 0. The van der Waals surface area contributed by atoms with E-state index in [1.54, 1.807) is 0 Å². The van der Waals surface area contributed by atoms with Crippen LogP contribution >= 0.6 is 11.9 Å². The first-order valence-electron chi connectivity index (χ1n) is 2.37. The molecule has 0 aliphatic heterocycles. The van der Waals surface area contributed by atoms with Crippen LogP contribution in [0.4, 0.5) is 4.39 Å². The van der Waals surface area contributed by atoms with Crippen LogP contribution < -0.4 is 10.4 Å². The first-order valence-corrected chi connectivity index (χ1v) is 2.68. The zero-order chi connectivity index (χ0) is 6.69. The summed E-state index contributed by atoms with van der Waals surface area (Å²) in [5.74, 6) is 0.144. The van der Waals surface area contributed by atoms with Crippen LogP contribution in [0, 0.1) is 5.82 Å². The standard InChI is InChI=1S/C6H4ClFO.H3N/c7-9-6-3-1-5(8)2-4-6;/h1-4H;1H3. The van der Waals surface area contributed by atoms with E-state index in [-0.39, 0.29) is 12.0 Å². The lowest BCUT2D eigenvalue weighted by atomic mass is 10.3.